The fourth-order valence-electron chi connectivity index (χ4n) is 4.34. The third-order valence-corrected chi connectivity index (χ3v) is 6.20. The lowest BCUT2D eigenvalue weighted by molar-refractivity contribution is 0.102. The van der Waals surface area contributed by atoms with E-state index in [1.54, 1.807) is 12.3 Å². The second-order valence-electron chi connectivity index (χ2n) is 8.49. The van der Waals surface area contributed by atoms with Crippen LogP contribution in [0.15, 0.2) is 48.7 Å². The van der Waals surface area contributed by atoms with Crippen LogP contribution in [0.5, 0.6) is 5.75 Å². The first-order valence-corrected chi connectivity index (χ1v) is 11.5. The highest BCUT2D eigenvalue weighted by Gasteiger charge is 2.24. The molecule has 9 heteroatoms. The maximum Gasteiger partial charge on any atom is 0.257 e. The maximum absolute atomic E-state index is 12.6. The number of carbonyl (C=O) groups excluding carboxylic acids is 1. The van der Waals surface area contributed by atoms with E-state index in [1.165, 1.54) is 0 Å². The van der Waals surface area contributed by atoms with Gasteiger partial charge in [-0.3, -0.25) is 4.79 Å². The monoisotopic (exact) mass is 459 g/mol. The van der Waals surface area contributed by atoms with Crippen molar-refractivity contribution in [2.75, 3.05) is 67.3 Å². The third kappa shape index (κ3) is 4.22. The molecular formula is C25H29N7O2. The summed E-state index contributed by atoms with van der Waals surface area (Å²) in [5.41, 5.74) is 3.89. The number of carbonyl (C=O) groups is 1. The van der Waals surface area contributed by atoms with Crippen molar-refractivity contribution in [1.82, 2.24) is 14.9 Å². The fraction of sp³-hybridized carbons (Fsp3) is 0.320. The van der Waals surface area contributed by atoms with Crippen LogP contribution in [0.1, 0.15) is 17.3 Å². The Morgan fingerprint density at radius 2 is 1.85 bits per heavy atom. The lowest BCUT2D eigenvalue weighted by Gasteiger charge is -2.35. The Hall–Kier alpha value is -3.85. The summed E-state index contributed by atoms with van der Waals surface area (Å²) in [6.45, 7) is 6.58. The molecule has 2 aliphatic rings. The minimum atomic E-state index is -0.175. The number of likely N-dealkylation sites (N-methyl/N-ethyl adjacent to an activating group) is 1. The summed E-state index contributed by atoms with van der Waals surface area (Å²) >= 11 is 0. The van der Waals surface area contributed by atoms with Crippen molar-refractivity contribution in [2.24, 2.45) is 0 Å². The van der Waals surface area contributed by atoms with Crippen molar-refractivity contribution < 1.29 is 9.53 Å². The molecule has 1 amide bonds. The SMILES string of the molecule is CCOc1cc(Nc2ncc3c(n2)N(C)c2ccccc2C(=O)N3)ccc1N1CCN(C)CC1. The molecule has 3 heterocycles. The van der Waals surface area contributed by atoms with E-state index in [-0.39, 0.29) is 5.91 Å². The van der Waals surface area contributed by atoms with Crippen LogP contribution in [0.2, 0.25) is 0 Å². The average molecular weight is 460 g/mol. The fourth-order valence-corrected chi connectivity index (χ4v) is 4.34. The summed E-state index contributed by atoms with van der Waals surface area (Å²) in [5.74, 6) is 1.72. The molecule has 0 atom stereocenters. The van der Waals surface area contributed by atoms with Crippen LogP contribution in [0.25, 0.3) is 0 Å². The van der Waals surface area contributed by atoms with Gasteiger partial charge in [0.25, 0.3) is 5.91 Å². The van der Waals surface area contributed by atoms with Gasteiger partial charge in [0, 0.05) is 45.0 Å². The second kappa shape index (κ2) is 9.18. The molecule has 2 N–H and O–H groups in total. The molecule has 1 aromatic heterocycles. The molecule has 1 saturated heterocycles. The van der Waals surface area contributed by atoms with Gasteiger partial charge in [0.2, 0.25) is 5.95 Å². The van der Waals surface area contributed by atoms with Gasteiger partial charge in [-0.25, -0.2) is 4.98 Å². The van der Waals surface area contributed by atoms with E-state index in [4.69, 9.17) is 9.72 Å². The predicted octanol–water partition coefficient (Wildman–Crippen LogP) is 3.70. The lowest BCUT2D eigenvalue weighted by Crippen LogP contribution is -2.44. The van der Waals surface area contributed by atoms with E-state index < -0.39 is 0 Å². The molecule has 0 saturated carbocycles. The number of nitrogens with zero attached hydrogens (tertiary/aromatic N) is 5. The Labute approximate surface area is 199 Å². The van der Waals surface area contributed by atoms with Gasteiger partial charge < -0.3 is 30.1 Å². The van der Waals surface area contributed by atoms with E-state index in [1.807, 2.05) is 49.2 Å². The second-order valence-corrected chi connectivity index (χ2v) is 8.49. The molecule has 34 heavy (non-hydrogen) atoms. The maximum atomic E-state index is 12.6. The van der Waals surface area contributed by atoms with Gasteiger partial charge in [0.1, 0.15) is 11.4 Å². The number of amides is 1. The molecule has 0 radical (unpaired) electrons. The van der Waals surface area contributed by atoms with Gasteiger partial charge in [-0.2, -0.15) is 4.98 Å². The van der Waals surface area contributed by atoms with Crippen LogP contribution in [-0.2, 0) is 0 Å². The van der Waals surface area contributed by atoms with Gasteiger partial charge in [-0.1, -0.05) is 12.1 Å². The third-order valence-electron chi connectivity index (χ3n) is 6.20. The summed E-state index contributed by atoms with van der Waals surface area (Å²) in [6, 6.07) is 13.6. The highest BCUT2D eigenvalue weighted by molar-refractivity contribution is 6.11. The van der Waals surface area contributed by atoms with Crippen LogP contribution in [0.4, 0.5) is 34.5 Å². The molecule has 3 aromatic rings. The summed E-state index contributed by atoms with van der Waals surface area (Å²) in [5, 5.41) is 6.21. The quantitative estimate of drug-likeness (QED) is 0.597. The number of anilines is 6. The van der Waals surface area contributed by atoms with Crippen molar-refractivity contribution in [3.8, 4) is 5.75 Å². The van der Waals surface area contributed by atoms with Gasteiger partial charge in [-0.15, -0.1) is 0 Å². The van der Waals surface area contributed by atoms with Gasteiger partial charge >= 0.3 is 0 Å². The number of ether oxygens (including phenoxy) is 1. The van der Waals surface area contributed by atoms with E-state index >= 15 is 0 Å². The Morgan fingerprint density at radius 1 is 1.06 bits per heavy atom. The Balaban J connectivity index is 1.42. The van der Waals surface area contributed by atoms with Crippen LogP contribution in [0, 0.1) is 0 Å². The zero-order valence-corrected chi connectivity index (χ0v) is 19.7. The number of rotatable bonds is 5. The number of hydrogen-bond donors (Lipinski definition) is 2. The first-order valence-electron chi connectivity index (χ1n) is 11.5. The molecule has 1 fully saturated rings. The number of para-hydroxylation sites is 1. The molecule has 2 aromatic carbocycles. The summed E-state index contributed by atoms with van der Waals surface area (Å²) in [4.78, 5) is 28.4. The first kappa shape index (κ1) is 22.0. The molecule has 0 unspecified atom stereocenters. The Morgan fingerprint density at radius 3 is 2.65 bits per heavy atom. The highest BCUT2D eigenvalue weighted by Crippen LogP contribution is 2.36. The van der Waals surface area contributed by atoms with Crippen molar-refractivity contribution in [1.29, 1.82) is 0 Å². The van der Waals surface area contributed by atoms with E-state index in [2.05, 4.69) is 38.5 Å². The van der Waals surface area contributed by atoms with Crippen LogP contribution in [-0.4, -0.2) is 67.7 Å². The summed E-state index contributed by atoms with van der Waals surface area (Å²) < 4.78 is 5.98. The van der Waals surface area contributed by atoms with E-state index in [0.29, 0.717) is 29.6 Å². The van der Waals surface area contributed by atoms with Crippen molar-refractivity contribution in [3.05, 3.63) is 54.2 Å². The highest BCUT2D eigenvalue weighted by atomic mass is 16.5. The number of benzene rings is 2. The smallest absolute Gasteiger partial charge is 0.257 e. The number of hydrogen-bond acceptors (Lipinski definition) is 8. The first-order chi connectivity index (χ1) is 16.5. The zero-order valence-electron chi connectivity index (χ0n) is 19.7. The summed E-state index contributed by atoms with van der Waals surface area (Å²) in [7, 11) is 4.04. The summed E-state index contributed by atoms with van der Waals surface area (Å²) in [6.07, 6.45) is 1.63. The van der Waals surface area contributed by atoms with Crippen LogP contribution >= 0.6 is 0 Å². The standard InChI is InChI=1S/C25H29N7O2/c1-4-34-22-15-17(9-10-21(22)32-13-11-30(2)12-14-32)27-25-26-16-19-23(29-25)31(3)20-8-6-5-7-18(20)24(33)28-19/h5-10,15-16H,4,11-14H2,1-3H3,(H,28,33)(H,26,27,29). The van der Waals surface area contributed by atoms with Crippen molar-refractivity contribution >= 4 is 40.4 Å². The largest absolute Gasteiger partial charge is 0.492 e. The Kier molecular flexibility index (Phi) is 5.93. The van der Waals surface area contributed by atoms with Crippen molar-refractivity contribution in [3.63, 3.8) is 0 Å². The predicted molar refractivity (Wildman–Crippen MR) is 135 cm³/mol. The molecule has 0 bridgehead atoms. The minimum Gasteiger partial charge on any atom is -0.492 e. The minimum absolute atomic E-state index is 0.175. The molecule has 5 rings (SSSR count). The normalized spacial score (nSPS) is 15.8. The molecule has 2 aliphatic heterocycles. The zero-order chi connectivity index (χ0) is 23.7. The molecule has 0 spiro atoms. The number of nitrogens with one attached hydrogen (secondary N) is 2. The lowest BCUT2D eigenvalue weighted by atomic mass is 10.1. The van der Waals surface area contributed by atoms with E-state index in [9.17, 15) is 4.79 Å². The number of aromatic nitrogens is 2. The molecule has 9 nitrogen and oxygen atoms in total. The molecule has 0 aliphatic carbocycles. The number of piperazine rings is 1. The number of fused-ring (bicyclic) bond motifs is 2. The molecular weight excluding hydrogens is 430 g/mol. The van der Waals surface area contributed by atoms with Crippen molar-refractivity contribution in [2.45, 2.75) is 6.92 Å². The van der Waals surface area contributed by atoms with Gasteiger partial charge in [0.15, 0.2) is 5.82 Å². The topological polar surface area (TPSA) is 85.9 Å². The Bertz CT molecular complexity index is 1210. The van der Waals surface area contributed by atoms with Gasteiger partial charge in [0.05, 0.1) is 29.7 Å². The van der Waals surface area contributed by atoms with E-state index in [0.717, 1.165) is 49.0 Å². The van der Waals surface area contributed by atoms with Crippen LogP contribution in [0.3, 0.4) is 0 Å². The van der Waals surface area contributed by atoms with Crippen LogP contribution < -0.4 is 25.2 Å². The molecule has 176 valence electrons. The average Bonchev–Trinajstić information content (AvgIpc) is 2.95. The van der Waals surface area contributed by atoms with Gasteiger partial charge in [-0.05, 0) is 38.2 Å².